The van der Waals surface area contributed by atoms with Crippen LogP contribution in [0, 0.1) is 12.3 Å². The van der Waals surface area contributed by atoms with Gasteiger partial charge in [-0.05, 0) is 43.5 Å². The molecule has 20 heavy (non-hydrogen) atoms. The third-order valence-electron chi connectivity index (χ3n) is 3.84. The maximum absolute atomic E-state index is 9.16. The molecule has 3 heteroatoms. The molecule has 1 N–H and O–H groups in total. The average Bonchev–Trinajstić information content (AvgIpc) is 2.49. The summed E-state index contributed by atoms with van der Waals surface area (Å²) in [5.41, 5.74) is 1.28. The van der Waals surface area contributed by atoms with E-state index in [-0.39, 0.29) is 6.61 Å². The highest BCUT2D eigenvalue weighted by molar-refractivity contribution is 5.27. The Morgan fingerprint density at radius 3 is 2.80 bits per heavy atom. The van der Waals surface area contributed by atoms with Crippen LogP contribution in [0.15, 0.2) is 24.3 Å². The van der Waals surface area contributed by atoms with Gasteiger partial charge in [-0.1, -0.05) is 24.5 Å². The van der Waals surface area contributed by atoms with Crippen molar-refractivity contribution in [1.82, 2.24) is 4.90 Å². The number of rotatable bonds is 6. The monoisotopic (exact) mass is 273 g/mol. The van der Waals surface area contributed by atoms with Crippen LogP contribution in [0.2, 0.25) is 0 Å². The zero-order valence-electron chi connectivity index (χ0n) is 11.9. The molecule has 108 valence electrons. The van der Waals surface area contributed by atoms with Gasteiger partial charge >= 0.3 is 0 Å². The van der Waals surface area contributed by atoms with Gasteiger partial charge in [0.25, 0.3) is 0 Å². The first-order valence-corrected chi connectivity index (χ1v) is 7.33. The number of likely N-dealkylation sites (tertiary alicyclic amines) is 1. The Morgan fingerprint density at radius 2 is 2.10 bits per heavy atom. The van der Waals surface area contributed by atoms with Crippen LogP contribution in [0.4, 0.5) is 0 Å². The van der Waals surface area contributed by atoms with Crippen molar-refractivity contribution in [2.75, 3.05) is 19.8 Å². The van der Waals surface area contributed by atoms with Crippen molar-refractivity contribution in [2.24, 2.45) is 0 Å². The van der Waals surface area contributed by atoms with Crippen molar-refractivity contribution < 1.29 is 9.84 Å². The summed E-state index contributed by atoms with van der Waals surface area (Å²) in [6.45, 7) is 2.66. The van der Waals surface area contributed by atoms with Crippen molar-refractivity contribution >= 4 is 0 Å². The van der Waals surface area contributed by atoms with E-state index in [1.807, 2.05) is 12.1 Å². The first kappa shape index (κ1) is 14.9. The fourth-order valence-corrected chi connectivity index (χ4v) is 2.79. The molecule has 1 unspecified atom stereocenters. The van der Waals surface area contributed by atoms with Gasteiger partial charge < -0.3 is 9.84 Å². The largest absolute Gasteiger partial charge is 0.481 e. The number of ether oxygens (including phenoxy) is 1. The summed E-state index contributed by atoms with van der Waals surface area (Å²) in [4.78, 5) is 2.48. The predicted molar refractivity (Wildman–Crippen MR) is 80.5 cm³/mol. The van der Waals surface area contributed by atoms with E-state index >= 15 is 0 Å². The third kappa shape index (κ3) is 4.26. The lowest BCUT2D eigenvalue weighted by Crippen LogP contribution is -2.39. The summed E-state index contributed by atoms with van der Waals surface area (Å²) in [6.07, 6.45) is 9.78. The molecule has 1 fully saturated rings. The molecule has 1 aromatic rings. The summed E-state index contributed by atoms with van der Waals surface area (Å²) in [7, 11) is 0. The molecular weight excluding hydrogens is 250 g/mol. The topological polar surface area (TPSA) is 32.7 Å². The second-order valence-corrected chi connectivity index (χ2v) is 5.27. The molecule has 0 aliphatic carbocycles. The normalized spacial score (nSPS) is 19.5. The smallest absolute Gasteiger partial charge is 0.148 e. The highest BCUT2D eigenvalue weighted by Gasteiger charge is 2.21. The van der Waals surface area contributed by atoms with Crippen LogP contribution in [0.25, 0.3) is 0 Å². The molecule has 0 saturated carbocycles. The van der Waals surface area contributed by atoms with E-state index in [4.69, 9.17) is 16.3 Å². The van der Waals surface area contributed by atoms with Crippen molar-refractivity contribution in [3.05, 3.63) is 29.8 Å². The van der Waals surface area contributed by atoms with Crippen molar-refractivity contribution in [2.45, 2.75) is 38.3 Å². The van der Waals surface area contributed by atoms with E-state index in [0.29, 0.717) is 12.6 Å². The van der Waals surface area contributed by atoms with Crippen LogP contribution in [0.5, 0.6) is 5.75 Å². The molecule has 1 heterocycles. The lowest BCUT2D eigenvalue weighted by Gasteiger charge is -2.35. The van der Waals surface area contributed by atoms with Crippen LogP contribution >= 0.6 is 0 Å². The molecule has 1 atom stereocenters. The molecule has 2 rings (SSSR count). The average molecular weight is 273 g/mol. The third-order valence-corrected chi connectivity index (χ3v) is 3.84. The minimum absolute atomic E-state index is 0.278. The number of aliphatic hydroxyl groups excluding tert-OH is 1. The number of nitrogens with zero attached hydrogens (tertiary/aromatic N) is 1. The van der Waals surface area contributed by atoms with Gasteiger partial charge in [-0.15, -0.1) is 6.42 Å². The molecule has 3 nitrogen and oxygen atoms in total. The summed E-state index contributed by atoms with van der Waals surface area (Å²) in [5.74, 6) is 3.28. The highest BCUT2D eigenvalue weighted by atomic mass is 16.5. The first-order chi connectivity index (χ1) is 9.83. The molecule has 1 aromatic carbocycles. The van der Waals surface area contributed by atoms with Crippen LogP contribution in [-0.2, 0) is 6.54 Å². The standard InChI is InChI=1S/C17H23NO2/c1-2-13-20-17-8-6-15(7-9-17)14-18-11-4-3-5-16(18)10-12-19/h1,6-9,16,19H,3-5,10-14H2. The van der Waals surface area contributed by atoms with E-state index < -0.39 is 0 Å². The van der Waals surface area contributed by atoms with E-state index in [9.17, 15) is 0 Å². The molecule has 1 saturated heterocycles. The molecule has 1 aliphatic rings. The number of aliphatic hydroxyl groups is 1. The fraction of sp³-hybridized carbons (Fsp3) is 0.529. The number of hydrogen-bond acceptors (Lipinski definition) is 3. The van der Waals surface area contributed by atoms with Gasteiger partial charge in [-0.3, -0.25) is 4.90 Å². The minimum Gasteiger partial charge on any atom is -0.481 e. The lowest BCUT2D eigenvalue weighted by molar-refractivity contribution is 0.112. The molecule has 0 amide bonds. The Labute approximate surface area is 121 Å². The Hall–Kier alpha value is -1.50. The molecular formula is C17H23NO2. The van der Waals surface area contributed by atoms with Crippen molar-refractivity contribution in [3.8, 4) is 18.1 Å². The summed E-state index contributed by atoms with van der Waals surface area (Å²) in [5, 5.41) is 9.16. The highest BCUT2D eigenvalue weighted by Crippen LogP contribution is 2.22. The van der Waals surface area contributed by atoms with Crippen LogP contribution in [0.3, 0.4) is 0 Å². The van der Waals surface area contributed by atoms with Crippen LogP contribution in [-0.4, -0.2) is 35.8 Å². The molecule has 1 aliphatic heterocycles. The minimum atomic E-state index is 0.278. The Bertz CT molecular complexity index is 433. The number of piperidine rings is 1. The maximum Gasteiger partial charge on any atom is 0.148 e. The van der Waals surface area contributed by atoms with Gasteiger partial charge in [-0.25, -0.2) is 0 Å². The van der Waals surface area contributed by atoms with Gasteiger partial charge in [0.05, 0.1) is 0 Å². The van der Waals surface area contributed by atoms with Gasteiger partial charge in [0.1, 0.15) is 12.4 Å². The van der Waals surface area contributed by atoms with Gasteiger partial charge in [0, 0.05) is 19.2 Å². The molecule has 0 spiro atoms. The van der Waals surface area contributed by atoms with E-state index in [1.54, 1.807) is 0 Å². The van der Waals surface area contributed by atoms with Crippen molar-refractivity contribution in [1.29, 1.82) is 0 Å². The van der Waals surface area contributed by atoms with Crippen LogP contribution in [0.1, 0.15) is 31.2 Å². The van der Waals surface area contributed by atoms with Gasteiger partial charge in [-0.2, -0.15) is 0 Å². The van der Waals surface area contributed by atoms with Gasteiger partial charge in [0.2, 0.25) is 0 Å². The van der Waals surface area contributed by atoms with Gasteiger partial charge in [0.15, 0.2) is 0 Å². The van der Waals surface area contributed by atoms with E-state index in [2.05, 4.69) is 23.0 Å². The summed E-state index contributed by atoms with van der Waals surface area (Å²) < 4.78 is 5.38. The van der Waals surface area contributed by atoms with E-state index in [1.165, 1.54) is 24.8 Å². The summed E-state index contributed by atoms with van der Waals surface area (Å²) >= 11 is 0. The Morgan fingerprint density at radius 1 is 1.30 bits per heavy atom. The Kier molecular flexibility index (Phi) is 5.91. The maximum atomic E-state index is 9.16. The van der Waals surface area contributed by atoms with Crippen molar-refractivity contribution in [3.63, 3.8) is 0 Å². The quantitative estimate of drug-likeness (QED) is 0.808. The zero-order chi connectivity index (χ0) is 14.2. The molecule has 0 radical (unpaired) electrons. The predicted octanol–water partition coefficient (Wildman–Crippen LogP) is 2.44. The molecule has 0 aromatic heterocycles. The number of benzene rings is 1. The van der Waals surface area contributed by atoms with E-state index in [0.717, 1.165) is 25.3 Å². The SMILES string of the molecule is C#CCOc1ccc(CN2CCCCC2CCO)cc1. The second kappa shape index (κ2) is 7.94. The summed E-state index contributed by atoms with van der Waals surface area (Å²) in [6, 6.07) is 8.65. The second-order valence-electron chi connectivity index (χ2n) is 5.27. The Balaban J connectivity index is 1.92. The first-order valence-electron chi connectivity index (χ1n) is 7.33. The fourth-order valence-electron chi connectivity index (χ4n) is 2.79. The zero-order valence-corrected chi connectivity index (χ0v) is 11.9. The number of terminal acetylenes is 1. The molecule has 0 bridgehead atoms. The van der Waals surface area contributed by atoms with Crippen LogP contribution < -0.4 is 4.74 Å². The lowest BCUT2D eigenvalue weighted by atomic mass is 9.99. The number of hydrogen-bond donors (Lipinski definition) is 1.